The molecule has 0 radical (unpaired) electrons. The van der Waals surface area contributed by atoms with Gasteiger partial charge in [0.1, 0.15) is 5.82 Å². The molecular weight excluding hydrogens is 360 g/mol. The Morgan fingerprint density at radius 1 is 1.04 bits per heavy atom. The Hall–Kier alpha value is -3.01. The van der Waals surface area contributed by atoms with Gasteiger partial charge in [-0.2, -0.15) is 10.1 Å². The minimum atomic E-state index is -0.131. The molecule has 0 spiro atoms. The fraction of sp³-hybridized carbons (Fsp3) is 0.316. The van der Waals surface area contributed by atoms with Crippen molar-refractivity contribution in [3.63, 3.8) is 0 Å². The van der Waals surface area contributed by atoms with Crippen LogP contribution in [0, 0.1) is 0 Å². The van der Waals surface area contributed by atoms with E-state index in [0.717, 1.165) is 24.3 Å². The molecule has 0 amide bonds. The number of morpholine rings is 1. The molecule has 1 fully saturated rings. The Kier molecular flexibility index (Phi) is 5.47. The van der Waals surface area contributed by atoms with Crippen molar-refractivity contribution in [2.24, 2.45) is 0 Å². The van der Waals surface area contributed by atoms with E-state index in [-0.39, 0.29) is 13.2 Å². The summed E-state index contributed by atoms with van der Waals surface area (Å²) in [6.07, 6.45) is 1.72. The van der Waals surface area contributed by atoms with Gasteiger partial charge in [0.15, 0.2) is 5.82 Å². The van der Waals surface area contributed by atoms with Crippen LogP contribution in [0.25, 0.3) is 11.3 Å². The highest BCUT2D eigenvalue weighted by molar-refractivity contribution is 5.66. The average molecular weight is 382 g/mol. The Morgan fingerprint density at radius 3 is 2.64 bits per heavy atom. The quantitative estimate of drug-likeness (QED) is 0.505. The summed E-state index contributed by atoms with van der Waals surface area (Å²) in [6, 6.07) is 9.17. The molecule has 2 aromatic heterocycles. The first-order valence-electron chi connectivity index (χ1n) is 9.09. The Balaban J connectivity index is 1.51. The average Bonchev–Trinajstić information content (AvgIpc) is 3.22. The lowest BCUT2D eigenvalue weighted by Crippen LogP contribution is -2.37. The molecule has 0 saturated carbocycles. The molecule has 4 N–H and O–H groups in total. The number of anilines is 3. The van der Waals surface area contributed by atoms with E-state index >= 15 is 0 Å². The zero-order valence-corrected chi connectivity index (χ0v) is 15.3. The number of ether oxygens (including phenoxy) is 1. The van der Waals surface area contributed by atoms with Gasteiger partial charge in [0, 0.05) is 25.4 Å². The van der Waals surface area contributed by atoms with Gasteiger partial charge in [-0.15, -0.1) is 0 Å². The van der Waals surface area contributed by atoms with E-state index in [1.807, 2.05) is 18.2 Å². The van der Waals surface area contributed by atoms with Crippen LogP contribution in [0.4, 0.5) is 17.6 Å². The molecule has 0 aliphatic carbocycles. The van der Waals surface area contributed by atoms with Gasteiger partial charge in [-0.1, -0.05) is 12.1 Å². The second-order valence-electron chi connectivity index (χ2n) is 6.43. The third kappa shape index (κ3) is 3.96. The topological polar surface area (TPSA) is 119 Å². The number of aliphatic hydroxyl groups excluding tert-OH is 2. The SMILES string of the molecule is OCc1ccc(-c2cc(Nc3ccnc(N4CCOCC4)n3)n[nH]2)cc1CO. The van der Waals surface area contributed by atoms with E-state index in [1.165, 1.54) is 0 Å². The zero-order valence-electron chi connectivity index (χ0n) is 15.3. The number of hydrogen-bond donors (Lipinski definition) is 4. The van der Waals surface area contributed by atoms with Crippen LogP contribution in [-0.2, 0) is 18.0 Å². The summed E-state index contributed by atoms with van der Waals surface area (Å²) in [5.74, 6) is 1.94. The van der Waals surface area contributed by atoms with Crippen LogP contribution >= 0.6 is 0 Å². The van der Waals surface area contributed by atoms with Crippen molar-refractivity contribution in [2.45, 2.75) is 13.2 Å². The van der Waals surface area contributed by atoms with E-state index in [4.69, 9.17) is 4.74 Å². The number of aromatic amines is 1. The number of aromatic nitrogens is 4. The van der Waals surface area contributed by atoms with Gasteiger partial charge < -0.3 is 25.2 Å². The van der Waals surface area contributed by atoms with Crippen molar-refractivity contribution in [3.8, 4) is 11.3 Å². The summed E-state index contributed by atoms with van der Waals surface area (Å²) >= 11 is 0. The van der Waals surface area contributed by atoms with Crippen molar-refractivity contribution < 1.29 is 14.9 Å². The largest absolute Gasteiger partial charge is 0.392 e. The van der Waals surface area contributed by atoms with Crippen molar-refractivity contribution in [3.05, 3.63) is 47.7 Å². The van der Waals surface area contributed by atoms with Crippen molar-refractivity contribution >= 4 is 17.6 Å². The highest BCUT2D eigenvalue weighted by atomic mass is 16.5. The van der Waals surface area contributed by atoms with Crippen molar-refractivity contribution in [2.75, 3.05) is 36.5 Å². The first kappa shape index (κ1) is 18.4. The summed E-state index contributed by atoms with van der Waals surface area (Å²) in [4.78, 5) is 11.0. The van der Waals surface area contributed by atoms with E-state index in [9.17, 15) is 10.2 Å². The molecule has 9 heteroatoms. The predicted molar refractivity (Wildman–Crippen MR) is 104 cm³/mol. The third-order valence-electron chi connectivity index (χ3n) is 4.63. The molecule has 0 unspecified atom stereocenters. The van der Waals surface area contributed by atoms with Gasteiger partial charge in [0.25, 0.3) is 0 Å². The smallest absolute Gasteiger partial charge is 0.227 e. The number of nitrogens with one attached hydrogen (secondary N) is 2. The maximum absolute atomic E-state index is 9.48. The van der Waals surface area contributed by atoms with E-state index < -0.39 is 0 Å². The normalized spacial score (nSPS) is 14.3. The van der Waals surface area contributed by atoms with Crippen LogP contribution in [0.1, 0.15) is 11.1 Å². The minimum absolute atomic E-state index is 0.106. The number of benzene rings is 1. The summed E-state index contributed by atoms with van der Waals surface area (Å²) in [7, 11) is 0. The van der Waals surface area contributed by atoms with Gasteiger partial charge in [-0.3, -0.25) is 5.10 Å². The Morgan fingerprint density at radius 2 is 1.86 bits per heavy atom. The fourth-order valence-electron chi connectivity index (χ4n) is 3.09. The predicted octanol–water partition coefficient (Wildman–Crippen LogP) is 1.43. The van der Waals surface area contributed by atoms with Crippen LogP contribution in [0.2, 0.25) is 0 Å². The highest BCUT2D eigenvalue weighted by Gasteiger charge is 2.14. The summed E-state index contributed by atoms with van der Waals surface area (Å²) < 4.78 is 5.37. The summed E-state index contributed by atoms with van der Waals surface area (Å²) in [6.45, 7) is 2.66. The molecular formula is C19H22N6O3. The molecule has 1 aliphatic rings. The molecule has 28 heavy (non-hydrogen) atoms. The zero-order chi connectivity index (χ0) is 19.3. The molecule has 4 rings (SSSR count). The lowest BCUT2D eigenvalue weighted by Gasteiger charge is -2.26. The monoisotopic (exact) mass is 382 g/mol. The first-order chi connectivity index (χ1) is 13.8. The van der Waals surface area contributed by atoms with Crippen LogP contribution in [-0.4, -0.2) is 56.7 Å². The molecule has 9 nitrogen and oxygen atoms in total. The van der Waals surface area contributed by atoms with Gasteiger partial charge >= 0.3 is 0 Å². The van der Waals surface area contributed by atoms with Crippen LogP contribution in [0.3, 0.4) is 0 Å². The maximum Gasteiger partial charge on any atom is 0.227 e. The standard InChI is InChI=1S/C19H22N6O3/c26-11-14-2-1-13(9-15(14)12-27)16-10-18(24-23-16)21-17-3-4-20-19(22-17)25-5-7-28-8-6-25/h1-4,9-10,26-27H,5-8,11-12H2,(H2,20,21,22,23,24). The molecule has 1 aromatic carbocycles. The van der Waals surface area contributed by atoms with Crippen LogP contribution < -0.4 is 10.2 Å². The molecule has 3 aromatic rings. The second kappa shape index (κ2) is 8.34. The molecule has 0 bridgehead atoms. The summed E-state index contributed by atoms with van der Waals surface area (Å²) in [5, 5.41) is 29.3. The number of hydrogen-bond acceptors (Lipinski definition) is 8. The van der Waals surface area contributed by atoms with Crippen molar-refractivity contribution in [1.82, 2.24) is 20.2 Å². The van der Waals surface area contributed by atoms with Crippen molar-refractivity contribution in [1.29, 1.82) is 0 Å². The Bertz CT molecular complexity index is 939. The number of aliphatic hydroxyl groups is 2. The van der Waals surface area contributed by atoms with E-state index in [1.54, 1.807) is 18.3 Å². The number of nitrogens with zero attached hydrogens (tertiary/aromatic N) is 4. The van der Waals surface area contributed by atoms with E-state index in [2.05, 4.69) is 30.4 Å². The highest BCUT2D eigenvalue weighted by Crippen LogP contribution is 2.24. The second-order valence-corrected chi connectivity index (χ2v) is 6.43. The molecule has 1 saturated heterocycles. The van der Waals surface area contributed by atoms with Gasteiger partial charge in [0.05, 0.1) is 32.1 Å². The third-order valence-corrected chi connectivity index (χ3v) is 4.63. The van der Waals surface area contributed by atoms with Gasteiger partial charge in [-0.05, 0) is 28.8 Å². The lowest BCUT2D eigenvalue weighted by molar-refractivity contribution is 0.122. The van der Waals surface area contributed by atoms with Crippen LogP contribution in [0.5, 0.6) is 0 Å². The van der Waals surface area contributed by atoms with Crippen LogP contribution in [0.15, 0.2) is 36.5 Å². The molecule has 1 aliphatic heterocycles. The number of rotatable bonds is 6. The Labute approximate surface area is 162 Å². The fourth-order valence-corrected chi connectivity index (χ4v) is 3.09. The van der Waals surface area contributed by atoms with E-state index in [0.29, 0.717) is 41.9 Å². The maximum atomic E-state index is 9.48. The van der Waals surface area contributed by atoms with Gasteiger partial charge in [0.2, 0.25) is 5.95 Å². The molecule has 3 heterocycles. The first-order valence-corrected chi connectivity index (χ1v) is 9.09. The number of H-pyrrole nitrogens is 1. The summed E-state index contributed by atoms with van der Waals surface area (Å²) in [5.41, 5.74) is 3.07. The lowest BCUT2D eigenvalue weighted by atomic mass is 10.0. The van der Waals surface area contributed by atoms with Gasteiger partial charge in [-0.25, -0.2) is 4.98 Å². The minimum Gasteiger partial charge on any atom is -0.392 e. The molecule has 146 valence electrons. The molecule has 0 atom stereocenters.